The van der Waals surface area contributed by atoms with Gasteiger partial charge in [0.05, 0.1) is 17.9 Å². The minimum atomic E-state index is -0.498. The molecule has 2 aromatic carbocycles. The first-order chi connectivity index (χ1) is 12.0. The minimum absolute atomic E-state index is 0.0295. The average Bonchev–Trinajstić information content (AvgIpc) is 2.61. The second-order valence-electron chi connectivity index (χ2n) is 5.44. The summed E-state index contributed by atoms with van der Waals surface area (Å²) in [6.45, 7) is 1.86. The lowest BCUT2D eigenvalue weighted by atomic mass is 10.1. The molecule has 7 nitrogen and oxygen atoms in total. The fourth-order valence-corrected chi connectivity index (χ4v) is 2.31. The van der Waals surface area contributed by atoms with Crippen LogP contribution in [0.3, 0.4) is 0 Å². The summed E-state index contributed by atoms with van der Waals surface area (Å²) >= 11 is 0. The van der Waals surface area contributed by atoms with E-state index in [1.807, 2.05) is 31.2 Å². The van der Waals surface area contributed by atoms with Crippen molar-refractivity contribution >= 4 is 23.2 Å². The van der Waals surface area contributed by atoms with Crippen molar-refractivity contribution in [2.75, 3.05) is 11.9 Å². The Labute approximate surface area is 145 Å². The summed E-state index contributed by atoms with van der Waals surface area (Å²) in [4.78, 5) is 33.9. The first kappa shape index (κ1) is 18.1. The molecule has 0 atom stereocenters. The average molecular weight is 341 g/mol. The van der Waals surface area contributed by atoms with Gasteiger partial charge in [0.1, 0.15) is 0 Å². The molecule has 2 amide bonds. The summed E-state index contributed by atoms with van der Waals surface area (Å²) in [6, 6.07) is 13.2. The summed E-state index contributed by atoms with van der Waals surface area (Å²) in [7, 11) is 0. The third-order valence-electron chi connectivity index (χ3n) is 3.63. The van der Waals surface area contributed by atoms with Crippen molar-refractivity contribution in [3.05, 3.63) is 69.8 Å². The predicted octanol–water partition coefficient (Wildman–Crippen LogP) is 2.45. The molecule has 0 radical (unpaired) electrons. The highest BCUT2D eigenvalue weighted by molar-refractivity contribution is 5.95. The van der Waals surface area contributed by atoms with Crippen LogP contribution in [0.2, 0.25) is 0 Å². The number of anilines is 1. The number of non-ortho nitro benzene ring substituents is 1. The number of carbonyl (C=O) groups excluding carboxylic acids is 2. The van der Waals surface area contributed by atoms with E-state index in [1.54, 1.807) is 0 Å². The zero-order chi connectivity index (χ0) is 18.2. The first-order valence-corrected chi connectivity index (χ1v) is 7.87. The maximum absolute atomic E-state index is 12.0. The van der Waals surface area contributed by atoms with E-state index in [9.17, 15) is 19.7 Å². The Morgan fingerprint density at radius 1 is 1.04 bits per heavy atom. The monoisotopic (exact) mass is 341 g/mol. The summed E-state index contributed by atoms with van der Waals surface area (Å²) < 4.78 is 0. The van der Waals surface area contributed by atoms with Crippen molar-refractivity contribution in [2.24, 2.45) is 0 Å². The van der Waals surface area contributed by atoms with Gasteiger partial charge in [-0.2, -0.15) is 0 Å². The number of nitro benzene ring substituents is 1. The van der Waals surface area contributed by atoms with Crippen LogP contribution in [-0.2, 0) is 22.4 Å². The molecule has 0 aliphatic rings. The Balaban J connectivity index is 1.83. The molecule has 7 heteroatoms. The number of hydrogen-bond acceptors (Lipinski definition) is 4. The van der Waals surface area contributed by atoms with Crippen molar-refractivity contribution in [3.63, 3.8) is 0 Å². The number of nitrogens with zero attached hydrogens (tertiary/aromatic N) is 1. The molecule has 0 bridgehead atoms. The van der Waals surface area contributed by atoms with Gasteiger partial charge >= 0.3 is 0 Å². The first-order valence-electron chi connectivity index (χ1n) is 7.87. The molecule has 0 fully saturated rings. The fourth-order valence-electron chi connectivity index (χ4n) is 2.31. The topological polar surface area (TPSA) is 101 Å². The van der Waals surface area contributed by atoms with Gasteiger partial charge in [0.25, 0.3) is 5.69 Å². The van der Waals surface area contributed by atoms with Gasteiger partial charge in [0.15, 0.2) is 0 Å². The van der Waals surface area contributed by atoms with Crippen molar-refractivity contribution in [2.45, 2.75) is 19.8 Å². The lowest BCUT2D eigenvalue weighted by Crippen LogP contribution is -2.33. The van der Waals surface area contributed by atoms with Crippen LogP contribution in [0.25, 0.3) is 0 Å². The molecule has 0 aliphatic heterocycles. The van der Waals surface area contributed by atoms with E-state index in [0.29, 0.717) is 5.56 Å². The van der Waals surface area contributed by atoms with Crippen LogP contribution in [0.5, 0.6) is 0 Å². The maximum atomic E-state index is 12.0. The van der Waals surface area contributed by atoms with Crippen LogP contribution in [-0.4, -0.2) is 23.3 Å². The van der Waals surface area contributed by atoms with Crippen molar-refractivity contribution in [3.8, 4) is 0 Å². The molecule has 0 aromatic heterocycles. The van der Waals surface area contributed by atoms with Gasteiger partial charge in [-0.3, -0.25) is 19.7 Å². The van der Waals surface area contributed by atoms with Crippen LogP contribution in [0.1, 0.15) is 18.1 Å². The largest absolute Gasteiger partial charge is 0.347 e. The molecule has 2 N–H and O–H groups in total. The third kappa shape index (κ3) is 5.42. The molecule has 0 saturated carbocycles. The van der Waals surface area contributed by atoms with Crippen LogP contribution in [0.4, 0.5) is 11.4 Å². The Bertz CT molecular complexity index is 772. The predicted molar refractivity (Wildman–Crippen MR) is 94.3 cm³/mol. The summed E-state index contributed by atoms with van der Waals surface area (Å²) in [5.74, 6) is -0.634. The Morgan fingerprint density at radius 3 is 2.36 bits per heavy atom. The number of hydrogen-bond donors (Lipinski definition) is 2. The molecule has 130 valence electrons. The van der Waals surface area contributed by atoms with Gasteiger partial charge in [0.2, 0.25) is 11.8 Å². The molecular formula is C18H19N3O4. The van der Waals surface area contributed by atoms with E-state index >= 15 is 0 Å². The summed E-state index contributed by atoms with van der Waals surface area (Å²) in [5.41, 5.74) is 2.37. The number of para-hydroxylation sites is 1. The highest BCUT2D eigenvalue weighted by Gasteiger charge is 2.10. The second-order valence-corrected chi connectivity index (χ2v) is 5.44. The van der Waals surface area contributed by atoms with Crippen LogP contribution < -0.4 is 10.6 Å². The second kappa shape index (κ2) is 8.58. The Kier molecular flexibility index (Phi) is 6.22. The van der Waals surface area contributed by atoms with Crippen molar-refractivity contribution < 1.29 is 14.5 Å². The van der Waals surface area contributed by atoms with E-state index in [1.165, 1.54) is 24.3 Å². The number of aryl methyl sites for hydroxylation is 1. The van der Waals surface area contributed by atoms with Gasteiger partial charge in [-0.05, 0) is 23.6 Å². The molecule has 0 unspecified atom stereocenters. The molecule has 0 spiro atoms. The van der Waals surface area contributed by atoms with Crippen LogP contribution in [0, 0.1) is 10.1 Å². The van der Waals surface area contributed by atoms with E-state index in [2.05, 4.69) is 10.6 Å². The number of benzene rings is 2. The molecule has 0 saturated heterocycles. The SMILES string of the molecule is CCc1ccccc1NC(=O)CNC(=O)Cc1ccc([N+](=O)[O-])cc1. The quantitative estimate of drug-likeness (QED) is 0.596. The smallest absolute Gasteiger partial charge is 0.269 e. The Morgan fingerprint density at radius 2 is 1.72 bits per heavy atom. The van der Waals surface area contributed by atoms with Gasteiger partial charge in [-0.15, -0.1) is 0 Å². The van der Waals surface area contributed by atoms with Gasteiger partial charge in [0, 0.05) is 17.8 Å². The maximum Gasteiger partial charge on any atom is 0.269 e. The standard InChI is InChI=1S/C18H19N3O4/c1-2-14-5-3-4-6-16(14)20-18(23)12-19-17(22)11-13-7-9-15(10-8-13)21(24)25/h3-10H,2,11-12H2,1H3,(H,19,22)(H,20,23). The zero-order valence-electron chi connectivity index (χ0n) is 13.8. The highest BCUT2D eigenvalue weighted by Crippen LogP contribution is 2.15. The van der Waals surface area contributed by atoms with E-state index in [4.69, 9.17) is 0 Å². The minimum Gasteiger partial charge on any atom is -0.347 e. The molecule has 0 aliphatic carbocycles. The molecule has 25 heavy (non-hydrogen) atoms. The normalized spacial score (nSPS) is 10.1. The van der Waals surface area contributed by atoms with Crippen molar-refractivity contribution in [1.82, 2.24) is 5.32 Å². The van der Waals surface area contributed by atoms with Gasteiger partial charge in [-0.1, -0.05) is 37.3 Å². The molecule has 0 heterocycles. The number of nitrogens with one attached hydrogen (secondary N) is 2. The van der Waals surface area contributed by atoms with Gasteiger partial charge in [-0.25, -0.2) is 0 Å². The fraction of sp³-hybridized carbons (Fsp3) is 0.222. The third-order valence-corrected chi connectivity index (χ3v) is 3.63. The molecule has 2 rings (SSSR count). The van der Waals surface area contributed by atoms with Crippen LogP contribution >= 0.6 is 0 Å². The lowest BCUT2D eigenvalue weighted by Gasteiger charge is -2.10. The molecular weight excluding hydrogens is 322 g/mol. The highest BCUT2D eigenvalue weighted by atomic mass is 16.6. The number of amides is 2. The van der Waals surface area contributed by atoms with E-state index < -0.39 is 4.92 Å². The lowest BCUT2D eigenvalue weighted by molar-refractivity contribution is -0.384. The number of carbonyl (C=O) groups is 2. The van der Waals surface area contributed by atoms with Crippen LogP contribution in [0.15, 0.2) is 48.5 Å². The summed E-state index contributed by atoms with van der Waals surface area (Å²) in [6.07, 6.45) is 0.847. The van der Waals surface area contributed by atoms with Gasteiger partial charge < -0.3 is 10.6 Å². The van der Waals surface area contributed by atoms with E-state index in [0.717, 1.165) is 17.7 Å². The summed E-state index contributed by atoms with van der Waals surface area (Å²) in [5, 5.41) is 15.9. The number of rotatable bonds is 7. The molecule has 2 aromatic rings. The zero-order valence-corrected chi connectivity index (χ0v) is 13.8. The number of nitro groups is 1. The van der Waals surface area contributed by atoms with E-state index in [-0.39, 0.29) is 30.5 Å². The Hall–Kier alpha value is -3.22. The van der Waals surface area contributed by atoms with Crippen molar-refractivity contribution in [1.29, 1.82) is 0 Å².